The average molecular weight is 447 g/mol. The van der Waals surface area contributed by atoms with Crippen LogP contribution in [0.5, 0.6) is 0 Å². The highest BCUT2D eigenvalue weighted by Crippen LogP contribution is 2.27. The molecule has 0 aliphatic carbocycles. The lowest BCUT2D eigenvalue weighted by molar-refractivity contribution is -0.149. The average Bonchev–Trinajstić information content (AvgIpc) is 3.38. The van der Waals surface area contributed by atoms with Gasteiger partial charge in [0, 0.05) is 35.7 Å². The SMILES string of the molecule is CCOC(Cc1cccc2c1ccn2Cc1nc(-c2ccc(C(C)C)cc2)oc1C)C(=O)O. The molecular weight excluding hydrogens is 416 g/mol. The molecule has 172 valence electrons. The maximum absolute atomic E-state index is 11.5. The number of oxazole rings is 1. The largest absolute Gasteiger partial charge is 0.479 e. The molecule has 0 spiro atoms. The molecule has 1 unspecified atom stereocenters. The Hall–Kier alpha value is -3.38. The maximum Gasteiger partial charge on any atom is 0.333 e. The minimum absolute atomic E-state index is 0.323. The Morgan fingerprint density at radius 3 is 2.58 bits per heavy atom. The number of hydrogen-bond acceptors (Lipinski definition) is 4. The highest BCUT2D eigenvalue weighted by Gasteiger charge is 2.20. The van der Waals surface area contributed by atoms with Gasteiger partial charge in [0.2, 0.25) is 5.89 Å². The van der Waals surface area contributed by atoms with Crippen LogP contribution in [0, 0.1) is 6.92 Å². The van der Waals surface area contributed by atoms with E-state index in [1.165, 1.54) is 5.56 Å². The first-order valence-electron chi connectivity index (χ1n) is 11.3. The van der Waals surface area contributed by atoms with Crippen LogP contribution < -0.4 is 0 Å². The Balaban J connectivity index is 1.59. The summed E-state index contributed by atoms with van der Waals surface area (Å²) < 4.78 is 13.5. The Morgan fingerprint density at radius 2 is 1.91 bits per heavy atom. The van der Waals surface area contributed by atoms with Gasteiger partial charge >= 0.3 is 5.97 Å². The van der Waals surface area contributed by atoms with E-state index >= 15 is 0 Å². The van der Waals surface area contributed by atoms with E-state index in [9.17, 15) is 9.90 Å². The maximum atomic E-state index is 11.5. The van der Waals surface area contributed by atoms with Gasteiger partial charge in [0.25, 0.3) is 0 Å². The second kappa shape index (κ2) is 9.63. The molecule has 0 aliphatic heterocycles. The molecule has 2 aromatic heterocycles. The van der Waals surface area contributed by atoms with Crippen molar-refractivity contribution in [1.82, 2.24) is 9.55 Å². The second-order valence-corrected chi connectivity index (χ2v) is 8.58. The third kappa shape index (κ3) is 4.86. The van der Waals surface area contributed by atoms with E-state index < -0.39 is 12.1 Å². The van der Waals surface area contributed by atoms with Crippen molar-refractivity contribution in [3.8, 4) is 11.5 Å². The first kappa shape index (κ1) is 22.8. The van der Waals surface area contributed by atoms with Gasteiger partial charge in [-0.15, -0.1) is 0 Å². The topological polar surface area (TPSA) is 77.5 Å². The molecule has 0 amide bonds. The van der Waals surface area contributed by atoms with E-state index in [0.29, 0.717) is 31.4 Å². The molecular formula is C27H30N2O4. The third-order valence-electron chi connectivity index (χ3n) is 5.99. The number of aryl methyl sites for hydroxylation is 1. The number of carbonyl (C=O) groups is 1. The van der Waals surface area contributed by atoms with Crippen molar-refractivity contribution >= 4 is 16.9 Å². The lowest BCUT2D eigenvalue weighted by Crippen LogP contribution is -2.26. The molecule has 33 heavy (non-hydrogen) atoms. The minimum Gasteiger partial charge on any atom is -0.479 e. The summed E-state index contributed by atoms with van der Waals surface area (Å²) in [6, 6.07) is 16.3. The molecule has 0 aliphatic rings. The molecule has 2 aromatic carbocycles. The van der Waals surface area contributed by atoms with Crippen molar-refractivity contribution in [2.75, 3.05) is 6.61 Å². The molecule has 0 saturated heterocycles. The van der Waals surface area contributed by atoms with Crippen molar-refractivity contribution < 1.29 is 19.1 Å². The zero-order valence-electron chi connectivity index (χ0n) is 19.5. The van der Waals surface area contributed by atoms with Crippen molar-refractivity contribution in [3.05, 3.63) is 77.3 Å². The Bertz CT molecular complexity index is 1250. The molecule has 0 bridgehead atoms. The first-order chi connectivity index (χ1) is 15.9. The van der Waals surface area contributed by atoms with E-state index in [1.807, 2.05) is 37.4 Å². The molecule has 0 radical (unpaired) electrons. The second-order valence-electron chi connectivity index (χ2n) is 8.58. The summed E-state index contributed by atoms with van der Waals surface area (Å²) in [5, 5.41) is 10.5. The fourth-order valence-corrected chi connectivity index (χ4v) is 4.09. The summed E-state index contributed by atoms with van der Waals surface area (Å²) in [6.45, 7) is 9.02. The zero-order valence-corrected chi connectivity index (χ0v) is 19.5. The molecule has 6 heteroatoms. The van der Waals surface area contributed by atoms with Crippen molar-refractivity contribution in [1.29, 1.82) is 0 Å². The number of ether oxygens (including phenoxy) is 1. The van der Waals surface area contributed by atoms with E-state index in [4.69, 9.17) is 14.1 Å². The van der Waals surface area contributed by atoms with Gasteiger partial charge in [-0.05, 0) is 55.2 Å². The highest BCUT2D eigenvalue weighted by atomic mass is 16.5. The van der Waals surface area contributed by atoms with Crippen LogP contribution in [0.1, 0.15) is 49.3 Å². The van der Waals surface area contributed by atoms with Crippen LogP contribution in [0.3, 0.4) is 0 Å². The van der Waals surface area contributed by atoms with E-state index in [1.54, 1.807) is 6.92 Å². The van der Waals surface area contributed by atoms with Gasteiger partial charge in [0.1, 0.15) is 11.5 Å². The number of rotatable bonds is 9. The predicted molar refractivity (Wildman–Crippen MR) is 129 cm³/mol. The number of hydrogen-bond donors (Lipinski definition) is 1. The van der Waals surface area contributed by atoms with Gasteiger partial charge in [0.15, 0.2) is 6.10 Å². The molecule has 2 heterocycles. The first-order valence-corrected chi connectivity index (χ1v) is 11.3. The fourth-order valence-electron chi connectivity index (χ4n) is 4.09. The highest BCUT2D eigenvalue weighted by molar-refractivity contribution is 5.85. The Labute approximate surface area is 193 Å². The fraction of sp³-hybridized carbons (Fsp3) is 0.333. The Kier molecular flexibility index (Phi) is 6.65. The number of aliphatic carboxylic acids is 1. The normalized spacial score (nSPS) is 12.5. The smallest absolute Gasteiger partial charge is 0.333 e. The standard InChI is InChI=1S/C27H30N2O4/c1-5-32-25(27(30)31)15-21-7-6-8-24-22(21)13-14-29(24)16-23-18(4)33-26(28-23)20-11-9-19(10-12-20)17(2)3/h6-14,17,25H,5,15-16H2,1-4H3,(H,30,31). The van der Waals surface area contributed by atoms with Crippen LogP contribution in [0.4, 0.5) is 0 Å². The van der Waals surface area contributed by atoms with Gasteiger partial charge < -0.3 is 18.8 Å². The summed E-state index contributed by atoms with van der Waals surface area (Å²) >= 11 is 0. The van der Waals surface area contributed by atoms with Crippen LogP contribution in [0.15, 0.2) is 59.1 Å². The van der Waals surface area contributed by atoms with Gasteiger partial charge in [-0.3, -0.25) is 0 Å². The summed E-state index contributed by atoms with van der Waals surface area (Å²) in [4.78, 5) is 16.3. The zero-order chi connectivity index (χ0) is 23.5. The van der Waals surface area contributed by atoms with Crippen molar-refractivity contribution in [3.63, 3.8) is 0 Å². The third-order valence-corrected chi connectivity index (χ3v) is 5.99. The van der Waals surface area contributed by atoms with Crippen LogP contribution in [-0.2, 0) is 22.5 Å². The van der Waals surface area contributed by atoms with Crippen molar-refractivity contribution in [2.45, 2.75) is 52.7 Å². The molecule has 4 rings (SSSR count). The van der Waals surface area contributed by atoms with Crippen LogP contribution in [0.25, 0.3) is 22.4 Å². The predicted octanol–water partition coefficient (Wildman–Crippen LogP) is 5.81. The van der Waals surface area contributed by atoms with Gasteiger partial charge in [-0.1, -0.05) is 38.1 Å². The van der Waals surface area contributed by atoms with Crippen LogP contribution >= 0.6 is 0 Å². The lowest BCUT2D eigenvalue weighted by Gasteiger charge is -2.13. The van der Waals surface area contributed by atoms with E-state index in [2.05, 4.69) is 42.7 Å². The van der Waals surface area contributed by atoms with Gasteiger partial charge in [-0.2, -0.15) is 0 Å². The quantitative estimate of drug-likeness (QED) is 0.351. The lowest BCUT2D eigenvalue weighted by atomic mass is 10.0. The van der Waals surface area contributed by atoms with E-state index in [0.717, 1.165) is 33.5 Å². The number of aromatic nitrogens is 2. The molecule has 6 nitrogen and oxygen atoms in total. The van der Waals surface area contributed by atoms with Crippen LogP contribution in [-0.4, -0.2) is 33.3 Å². The van der Waals surface area contributed by atoms with E-state index in [-0.39, 0.29) is 0 Å². The Morgan fingerprint density at radius 1 is 1.15 bits per heavy atom. The van der Waals surface area contributed by atoms with Gasteiger partial charge in [-0.25, -0.2) is 9.78 Å². The van der Waals surface area contributed by atoms with Crippen LogP contribution in [0.2, 0.25) is 0 Å². The number of carboxylic acids is 1. The number of carboxylic acid groups (broad SMARTS) is 1. The molecule has 4 aromatic rings. The molecule has 1 atom stereocenters. The van der Waals surface area contributed by atoms with Crippen molar-refractivity contribution in [2.24, 2.45) is 0 Å². The number of fused-ring (bicyclic) bond motifs is 1. The number of nitrogens with zero attached hydrogens (tertiary/aromatic N) is 2. The summed E-state index contributed by atoms with van der Waals surface area (Å²) in [5.41, 5.74) is 5.10. The molecule has 0 saturated carbocycles. The molecule has 0 fully saturated rings. The summed E-state index contributed by atoms with van der Waals surface area (Å²) in [5.74, 6) is 0.946. The summed E-state index contributed by atoms with van der Waals surface area (Å²) in [7, 11) is 0. The summed E-state index contributed by atoms with van der Waals surface area (Å²) in [6.07, 6.45) is 1.48. The number of benzene rings is 2. The van der Waals surface area contributed by atoms with Gasteiger partial charge in [0.05, 0.1) is 6.54 Å². The minimum atomic E-state index is -0.944. The molecule has 1 N–H and O–H groups in total. The monoisotopic (exact) mass is 446 g/mol.